The van der Waals surface area contributed by atoms with E-state index in [2.05, 4.69) is 0 Å². The van der Waals surface area contributed by atoms with Crippen LogP contribution in [0, 0.1) is 0 Å². The topological polar surface area (TPSA) is 17.1 Å². The number of thioether (sulfide) groups is 1. The van der Waals surface area contributed by atoms with Crippen LogP contribution in [0.4, 0.5) is 0 Å². The van der Waals surface area contributed by atoms with Crippen LogP contribution in [0.2, 0.25) is 5.02 Å². The van der Waals surface area contributed by atoms with Gasteiger partial charge in [0.25, 0.3) is 0 Å². The zero-order chi connectivity index (χ0) is 11.4. The van der Waals surface area contributed by atoms with Crippen molar-refractivity contribution in [3.05, 3.63) is 51.7 Å². The fraction of sp³-hybridized carbons (Fsp3) is 0.0833. The molecule has 0 bridgehead atoms. The molecule has 0 atom stereocenters. The van der Waals surface area contributed by atoms with Crippen LogP contribution in [0.3, 0.4) is 0 Å². The number of ketones is 1. The van der Waals surface area contributed by atoms with Crippen molar-refractivity contribution < 1.29 is 4.79 Å². The largest absolute Gasteiger partial charge is 0.292 e. The average molecular weight is 269 g/mol. The van der Waals surface area contributed by atoms with Gasteiger partial charge >= 0.3 is 0 Å². The van der Waals surface area contributed by atoms with E-state index in [1.807, 2.05) is 35.7 Å². The second kappa shape index (κ2) is 5.53. The van der Waals surface area contributed by atoms with Crippen molar-refractivity contribution in [2.24, 2.45) is 0 Å². The lowest BCUT2D eigenvalue weighted by Crippen LogP contribution is -1.99. The minimum atomic E-state index is 0.0915. The fourth-order valence-corrected chi connectivity index (χ4v) is 3.21. The van der Waals surface area contributed by atoms with Gasteiger partial charge in [0.1, 0.15) is 0 Å². The number of rotatable bonds is 4. The van der Waals surface area contributed by atoms with Crippen LogP contribution in [0.15, 0.2) is 46.7 Å². The molecule has 0 amide bonds. The van der Waals surface area contributed by atoms with E-state index < -0.39 is 0 Å². The van der Waals surface area contributed by atoms with E-state index in [1.165, 1.54) is 23.1 Å². The molecule has 16 heavy (non-hydrogen) atoms. The molecular weight excluding hydrogens is 260 g/mol. The predicted octanol–water partition coefficient (Wildman–Crippen LogP) is 4.38. The van der Waals surface area contributed by atoms with Crippen molar-refractivity contribution in [1.29, 1.82) is 0 Å². The lowest BCUT2D eigenvalue weighted by molar-refractivity contribution is 0.102. The van der Waals surface area contributed by atoms with Gasteiger partial charge in [-0.3, -0.25) is 4.79 Å². The minimum Gasteiger partial charge on any atom is -0.292 e. The Morgan fingerprint density at radius 1 is 1.25 bits per heavy atom. The summed E-state index contributed by atoms with van der Waals surface area (Å²) in [7, 11) is 0. The maximum atomic E-state index is 11.8. The smallest absolute Gasteiger partial charge is 0.184 e. The number of hydrogen-bond acceptors (Lipinski definition) is 3. The molecule has 82 valence electrons. The highest BCUT2D eigenvalue weighted by molar-refractivity contribution is 8.00. The third-order valence-electron chi connectivity index (χ3n) is 1.98. The van der Waals surface area contributed by atoms with E-state index in [9.17, 15) is 4.79 Å². The summed E-state index contributed by atoms with van der Waals surface area (Å²) in [5.41, 5.74) is 0. The van der Waals surface area contributed by atoms with Crippen molar-refractivity contribution in [2.75, 3.05) is 5.75 Å². The Kier molecular flexibility index (Phi) is 4.04. The standard InChI is InChI=1S/C12H9ClOS2/c13-10-6-7-15-12(10)11(14)8-16-9-4-2-1-3-5-9/h1-7H,8H2. The molecule has 0 aliphatic carbocycles. The van der Waals surface area contributed by atoms with Crippen LogP contribution in [0.5, 0.6) is 0 Å². The Morgan fingerprint density at radius 2 is 2.00 bits per heavy atom. The molecule has 0 N–H and O–H groups in total. The summed E-state index contributed by atoms with van der Waals surface area (Å²) < 4.78 is 0. The zero-order valence-electron chi connectivity index (χ0n) is 8.35. The average Bonchev–Trinajstić information content (AvgIpc) is 2.74. The normalized spacial score (nSPS) is 10.3. The van der Waals surface area contributed by atoms with Gasteiger partial charge in [0.05, 0.1) is 15.7 Å². The second-order valence-electron chi connectivity index (χ2n) is 3.12. The van der Waals surface area contributed by atoms with E-state index >= 15 is 0 Å². The van der Waals surface area contributed by atoms with E-state index in [1.54, 1.807) is 6.07 Å². The molecule has 0 saturated carbocycles. The molecule has 2 rings (SSSR count). The molecule has 0 aliphatic heterocycles. The summed E-state index contributed by atoms with van der Waals surface area (Å²) >= 11 is 8.83. The van der Waals surface area contributed by atoms with Gasteiger partial charge in [0, 0.05) is 4.90 Å². The molecule has 0 aliphatic rings. The first-order valence-electron chi connectivity index (χ1n) is 4.71. The monoisotopic (exact) mass is 268 g/mol. The molecule has 1 aromatic heterocycles. The Hall–Kier alpha value is -0.770. The third kappa shape index (κ3) is 2.88. The number of thiophene rings is 1. The zero-order valence-corrected chi connectivity index (χ0v) is 10.7. The molecular formula is C12H9ClOS2. The summed E-state index contributed by atoms with van der Waals surface area (Å²) in [6.07, 6.45) is 0. The maximum absolute atomic E-state index is 11.8. The SMILES string of the molecule is O=C(CSc1ccccc1)c1sccc1Cl. The molecule has 2 aromatic rings. The molecule has 0 spiro atoms. The van der Waals surface area contributed by atoms with Crippen molar-refractivity contribution in [3.8, 4) is 0 Å². The number of carbonyl (C=O) groups is 1. The maximum Gasteiger partial charge on any atom is 0.184 e. The molecule has 4 heteroatoms. The van der Waals surface area contributed by atoms with Gasteiger partial charge in [-0.25, -0.2) is 0 Å². The highest BCUT2D eigenvalue weighted by atomic mass is 35.5. The molecule has 0 fully saturated rings. The highest BCUT2D eigenvalue weighted by Crippen LogP contribution is 2.25. The quantitative estimate of drug-likeness (QED) is 0.605. The van der Waals surface area contributed by atoms with Gasteiger partial charge in [-0.05, 0) is 23.6 Å². The van der Waals surface area contributed by atoms with E-state index in [-0.39, 0.29) is 5.78 Å². The highest BCUT2D eigenvalue weighted by Gasteiger charge is 2.11. The van der Waals surface area contributed by atoms with E-state index in [0.29, 0.717) is 15.7 Å². The number of benzene rings is 1. The first kappa shape index (κ1) is 11.7. The van der Waals surface area contributed by atoms with Crippen LogP contribution in [-0.2, 0) is 0 Å². The van der Waals surface area contributed by atoms with Crippen LogP contribution in [0.25, 0.3) is 0 Å². The summed E-state index contributed by atoms with van der Waals surface area (Å²) in [4.78, 5) is 13.6. The van der Waals surface area contributed by atoms with E-state index in [4.69, 9.17) is 11.6 Å². The Bertz CT molecular complexity index is 479. The second-order valence-corrected chi connectivity index (χ2v) is 5.49. The molecule has 0 radical (unpaired) electrons. The number of carbonyl (C=O) groups excluding carboxylic acids is 1. The Labute approximate surface area is 107 Å². The fourth-order valence-electron chi connectivity index (χ4n) is 1.22. The molecule has 1 heterocycles. The summed E-state index contributed by atoms with van der Waals surface area (Å²) in [5.74, 6) is 0.526. The molecule has 1 aromatic carbocycles. The van der Waals surface area contributed by atoms with Crippen LogP contribution < -0.4 is 0 Å². The summed E-state index contributed by atoms with van der Waals surface area (Å²) in [6, 6.07) is 11.6. The Balaban J connectivity index is 1.97. The number of hydrogen-bond donors (Lipinski definition) is 0. The first-order valence-corrected chi connectivity index (χ1v) is 6.96. The van der Waals surface area contributed by atoms with Gasteiger partial charge in [-0.15, -0.1) is 23.1 Å². The van der Waals surface area contributed by atoms with Crippen LogP contribution in [0.1, 0.15) is 9.67 Å². The van der Waals surface area contributed by atoms with Crippen molar-refractivity contribution >= 4 is 40.5 Å². The van der Waals surface area contributed by atoms with Gasteiger partial charge < -0.3 is 0 Å². The van der Waals surface area contributed by atoms with Crippen molar-refractivity contribution in [1.82, 2.24) is 0 Å². The summed E-state index contributed by atoms with van der Waals surface area (Å²) in [5, 5.41) is 2.40. The van der Waals surface area contributed by atoms with Crippen LogP contribution >= 0.6 is 34.7 Å². The lowest BCUT2D eigenvalue weighted by Gasteiger charge is -1.99. The first-order chi connectivity index (χ1) is 7.77. The van der Waals surface area contributed by atoms with E-state index in [0.717, 1.165) is 4.90 Å². The molecule has 0 saturated heterocycles. The van der Waals surface area contributed by atoms with Gasteiger partial charge in [-0.1, -0.05) is 29.8 Å². The molecule has 1 nitrogen and oxygen atoms in total. The van der Waals surface area contributed by atoms with Crippen LogP contribution in [-0.4, -0.2) is 11.5 Å². The van der Waals surface area contributed by atoms with Crippen molar-refractivity contribution in [3.63, 3.8) is 0 Å². The summed E-state index contributed by atoms with van der Waals surface area (Å²) in [6.45, 7) is 0. The van der Waals surface area contributed by atoms with Gasteiger partial charge in [0.2, 0.25) is 0 Å². The lowest BCUT2D eigenvalue weighted by atomic mass is 10.3. The Morgan fingerprint density at radius 3 is 2.62 bits per heavy atom. The van der Waals surface area contributed by atoms with Gasteiger partial charge in [-0.2, -0.15) is 0 Å². The molecule has 0 unspecified atom stereocenters. The van der Waals surface area contributed by atoms with Crippen molar-refractivity contribution in [2.45, 2.75) is 4.90 Å². The van der Waals surface area contributed by atoms with Gasteiger partial charge in [0.15, 0.2) is 5.78 Å². The number of halogens is 1. The number of Topliss-reactive ketones (excluding diaryl/α,β-unsaturated/α-hetero) is 1. The predicted molar refractivity (Wildman–Crippen MR) is 70.8 cm³/mol. The third-order valence-corrected chi connectivity index (χ3v) is 4.38. The minimum absolute atomic E-state index is 0.0915.